The van der Waals surface area contributed by atoms with Crippen LogP contribution in [0.15, 0.2) is 83.8 Å². The number of aromatic nitrogens is 2. The maximum atomic E-state index is 13.4. The number of pyridine rings is 2. The van der Waals surface area contributed by atoms with Gasteiger partial charge >= 0.3 is 0 Å². The molecule has 6 heteroatoms. The fourth-order valence-electron chi connectivity index (χ4n) is 4.74. The van der Waals surface area contributed by atoms with E-state index in [9.17, 15) is 14.0 Å². The molecule has 2 aromatic carbocycles. The van der Waals surface area contributed by atoms with Gasteiger partial charge in [-0.1, -0.05) is 42.5 Å². The number of piperidine rings is 1. The number of amides is 1. The van der Waals surface area contributed by atoms with E-state index in [2.05, 4.69) is 29.2 Å². The maximum absolute atomic E-state index is 13.4. The Balaban J connectivity index is 1.39. The van der Waals surface area contributed by atoms with Crippen molar-refractivity contribution in [3.8, 4) is 0 Å². The molecule has 0 N–H and O–H groups in total. The lowest BCUT2D eigenvalue weighted by Crippen LogP contribution is -2.42. The summed E-state index contributed by atoms with van der Waals surface area (Å²) in [5, 5.41) is 0.728. The van der Waals surface area contributed by atoms with E-state index < -0.39 is 0 Å². The second-order valence-corrected chi connectivity index (χ2v) is 8.92. The Bertz CT molecular complexity index is 1360. The Morgan fingerprint density at radius 2 is 1.68 bits per heavy atom. The molecule has 0 unspecified atom stereocenters. The van der Waals surface area contributed by atoms with E-state index in [1.54, 1.807) is 35.4 Å². The van der Waals surface area contributed by atoms with E-state index in [1.807, 2.05) is 12.1 Å². The van der Waals surface area contributed by atoms with Gasteiger partial charge in [-0.05, 0) is 66.6 Å². The highest BCUT2D eigenvalue weighted by atomic mass is 19.1. The monoisotopic (exact) mass is 455 g/mol. The van der Waals surface area contributed by atoms with Gasteiger partial charge in [0.2, 0.25) is 0 Å². The minimum absolute atomic E-state index is 0.157. The summed E-state index contributed by atoms with van der Waals surface area (Å²) in [6.07, 6.45) is 4.47. The smallest absolute Gasteiger partial charge is 0.265 e. The molecule has 0 bridgehead atoms. The molecule has 4 aromatic rings. The standard InChI is InChI=1S/C28H26FN3O2/c29-24-10-8-22(9-11-24)19-32-26-23(7-4-14-30-26)18-25(28(32)34)27(33)31-15-12-21(13-16-31)17-20-5-2-1-3-6-20/h1-11,14,18,21H,12-13,15-17,19H2. The summed E-state index contributed by atoms with van der Waals surface area (Å²) in [6.45, 7) is 1.49. The average Bonchev–Trinajstić information content (AvgIpc) is 2.87. The Morgan fingerprint density at radius 3 is 2.41 bits per heavy atom. The molecule has 3 heterocycles. The van der Waals surface area contributed by atoms with Gasteiger partial charge in [-0.2, -0.15) is 0 Å². The number of fused-ring (bicyclic) bond motifs is 1. The lowest BCUT2D eigenvalue weighted by atomic mass is 9.90. The van der Waals surface area contributed by atoms with Crippen molar-refractivity contribution < 1.29 is 9.18 Å². The molecule has 1 amide bonds. The first-order valence-corrected chi connectivity index (χ1v) is 11.6. The summed E-state index contributed by atoms with van der Waals surface area (Å²) < 4.78 is 14.9. The minimum Gasteiger partial charge on any atom is -0.338 e. The first-order chi connectivity index (χ1) is 16.6. The van der Waals surface area contributed by atoms with E-state index in [-0.39, 0.29) is 29.4 Å². The van der Waals surface area contributed by atoms with Crippen LogP contribution in [0.1, 0.15) is 34.3 Å². The summed E-state index contributed by atoms with van der Waals surface area (Å²) in [6, 6.07) is 21.7. The predicted octanol–water partition coefficient (Wildman–Crippen LogP) is 4.68. The van der Waals surface area contributed by atoms with Crippen LogP contribution in [0, 0.1) is 11.7 Å². The highest BCUT2D eigenvalue weighted by Gasteiger charge is 2.26. The first kappa shape index (κ1) is 22.0. The second kappa shape index (κ2) is 9.59. The molecule has 0 atom stereocenters. The molecule has 1 saturated heterocycles. The number of carbonyl (C=O) groups is 1. The van der Waals surface area contributed by atoms with Crippen LogP contribution in [0.5, 0.6) is 0 Å². The SMILES string of the molecule is O=C(c1cc2cccnc2n(Cc2ccc(F)cc2)c1=O)N1CCC(Cc2ccccc2)CC1. The first-order valence-electron chi connectivity index (χ1n) is 11.6. The van der Waals surface area contributed by atoms with Gasteiger partial charge in [-0.25, -0.2) is 9.37 Å². The molecule has 172 valence electrons. The van der Waals surface area contributed by atoms with Crippen LogP contribution < -0.4 is 5.56 Å². The normalized spacial score (nSPS) is 14.4. The number of carbonyl (C=O) groups excluding carboxylic acids is 1. The van der Waals surface area contributed by atoms with Crippen LogP contribution >= 0.6 is 0 Å². The highest BCUT2D eigenvalue weighted by Crippen LogP contribution is 2.23. The molecule has 2 aromatic heterocycles. The Kier molecular flexibility index (Phi) is 6.21. The summed E-state index contributed by atoms with van der Waals surface area (Å²) in [5.74, 6) is -0.0390. The third-order valence-corrected chi connectivity index (χ3v) is 6.60. The molecule has 0 aliphatic carbocycles. The van der Waals surface area contributed by atoms with Crippen molar-refractivity contribution in [3.05, 3.63) is 112 Å². The summed E-state index contributed by atoms with van der Waals surface area (Å²) >= 11 is 0. The molecular weight excluding hydrogens is 429 g/mol. The van der Waals surface area contributed by atoms with Crippen LogP contribution in [0.2, 0.25) is 0 Å². The molecule has 1 fully saturated rings. The van der Waals surface area contributed by atoms with Gasteiger partial charge in [0, 0.05) is 24.7 Å². The van der Waals surface area contributed by atoms with E-state index >= 15 is 0 Å². The van der Waals surface area contributed by atoms with Gasteiger partial charge in [0.05, 0.1) is 6.54 Å². The molecule has 5 nitrogen and oxygen atoms in total. The quantitative estimate of drug-likeness (QED) is 0.439. The summed E-state index contributed by atoms with van der Waals surface area (Å²) in [4.78, 5) is 33.0. The molecule has 0 spiro atoms. The zero-order chi connectivity index (χ0) is 23.5. The Morgan fingerprint density at radius 1 is 0.941 bits per heavy atom. The van der Waals surface area contributed by atoms with Crippen LogP contribution in [-0.4, -0.2) is 33.4 Å². The van der Waals surface area contributed by atoms with Crippen LogP contribution in [0.4, 0.5) is 4.39 Å². The van der Waals surface area contributed by atoms with Gasteiger partial charge in [-0.15, -0.1) is 0 Å². The van der Waals surface area contributed by atoms with Crippen LogP contribution in [0.3, 0.4) is 0 Å². The zero-order valence-electron chi connectivity index (χ0n) is 18.9. The van der Waals surface area contributed by atoms with Crippen molar-refractivity contribution in [2.75, 3.05) is 13.1 Å². The highest BCUT2D eigenvalue weighted by molar-refractivity contribution is 5.97. The molecule has 1 aliphatic rings. The number of rotatable bonds is 5. The van der Waals surface area contributed by atoms with Crippen molar-refractivity contribution >= 4 is 16.9 Å². The molecule has 0 radical (unpaired) electrons. The number of halogens is 1. The van der Waals surface area contributed by atoms with Crippen molar-refractivity contribution in [2.45, 2.75) is 25.8 Å². The number of nitrogens with zero attached hydrogens (tertiary/aromatic N) is 3. The second-order valence-electron chi connectivity index (χ2n) is 8.92. The third kappa shape index (κ3) is 4.62. The fraction of sp³-hybridized carbons (Fsp3) is 0.250. The number of hydrogen-bond donors (Lipinski definition) is 0. The number of benzene rings is 2. The molecule has 1 aliphatic heterocycles. The fourth-order valence-corrected chi connectivity index (χ4v) is 4.74. The molecule has 5 rings (SSSR count). The van der Waals surface area contributed by atoms with Crippen molar-refractivity contribution in [3.63, 3.8) is 0 Å². The van der Waals surface area contributed by atoms with Gasteiger partial charge in [0.25, 0.3) is 11.5 Å². The van der Waals surface area contributed by atoms with Crippen LogP contribution in [0.25, 0.3) is 11.0 Å². The lowest BCUT2D eigenvalue weighted by molar-refractivity contribution is 0.0688. The predicted molar refractivity (Wildman–Crippen MR) is 130 cm³/mol. The van der Waals surface area contributed by atoms with E-state index in [1.165, 1.54) is 22.3 Å². The van der Waals surface area contributed by atoms with Crippen molar-refractivity contribution in [1.82, 2.24) is 14.5 Å². The number of hydrogen-bond acceptors (Lipinski definition) is 3. The van der Waals surface area contributed by atoms with E-state index in [4.69, 9.17) is 0 Å². The molecular formula is C28H26FN3O2. The number of likely N-dealkylation sites (tertiary alicyclic amines) is 1. The average molecular weight is 456 g/mol. The van der Waals surface area contributed by atoms with Gasteiger partial charge in [0.1, 0.15) is 17.0 Å². The van der Waals surface area contributed by atoms with Gasteiger partial charge in [-0.3, -0.25) is 14.2 Å². The minimum atomic E-state index is -0.369. The van der Waals surface area contributed by atoms with Gasteiger partial charge < -0.3 is 4.90 Å². The summed E-state index contributed by atoms with van der Waals surface area (Å²) in [7, 11) is 0. The zero-order valence-corrected chi connectivity index (χ0v) is 18.9. The Labute approximate surface area is 197 Å². The van der Waals surface area contributed by atoms with Crippen LogP contribution in [-0.2, 0) is 13.0 Å². The van der Waals surface area contributed by atoms with Crippen molar-refractivity contribution in [1.29, 1.82) is 0 Å². The van der Waals surface area contributed by atoms with E-state index in [0.717, 1.165) is 30.2 Å². The third-order valence-electron chi connectivity index (χ3n) is 6.60. The van der Waals surface area contributed by atoms with Gasteiger partial charge in [0.15, 0.2) is 0 Å². The summed E-state index contributed by atoms with van der Waals surface area (Å²) in [5.41, 5.74) is 2.38. The largest absolute Gasteiger partial charge is 0.338 e. The molecule has 34 heavy (non-hydrogen) atoms. The van der Waals surface area contributed by atoms with Crippen molar-refractivity contribution in [2.24, 2.45) is 5.92 Å². The lowest BCUT2D eigenvalue weighted by Gasteiger charge is -2.32. The molecule has 0 saturated carbocycles. The van der Waals surface area contributed by atoms with E-state index in [0.29, 0.717) is 24.7 Å². The maximum Gasteiger partial charge on any atom is 0.265 e. The Hall–Kier alpha value is -3.80. The topological polar surface area (TPSA) is 55.2 Å².